The van der Waals surface area contributed by atoms with Gasteiger partial charge in [0.25, 0.3) is 0 Å². The maximum Gasteiger partial charge on any atom is 0.188 e. The van der Waals surface area contributed by atoms with Gasteiger partial charge >= 0.3 is 0 Å². The molecule has 0 bridgehead atoms. The van der Waals surface area contributed by atoms with Crippen molar-refractivity contribution in [1.29, 1.82) is 5.26 Å². The number of azide groups is 1. The molecule has 98 valence electrons. The molecule has 0 spiro atoms. The van der Waals surface area contributed by atoms with Crippen LogP contribution in [0.15, 0.2) is 5.11 Å². The Balaban J connectivity index is 2.17. The molecule has 0 aromatic rings. The second-order valence-corrected chi connectivity index (χ2v) is 4.69. The Kier molecular flexibility index (Phi) is 3.43. The fraction of sp³-hybridized carbons (Fsp3) is 0.900. The third-order valence-electron chi connectivity index (χ3n) is 2.92. The highest BCUT2D eigenvalue weighted by atomic mass is 16.8. The SMILES string of the molecule is CC1(C)O[C@H]2O[C@H]([C@H](O)CC#N)[C@H](N=[N+]=[N-])[C@H]2O1. The van der Waals surface area contributed by atoms with Gasteiger partial charge in [-0.2, -0.15) is 5.26 Å². The van der Waals surface area contributed by atoms with Crippen molar-refractivity contribution in [2.24, 2.45) is 5.11 Å². The third kappa shape index (κ3) is 2.27. The molecule has 1 N–H and O–H groups in total. The molecule has 0 radical (unpaired) electrons. The monoisotopic (exact) mass is 254 g/mol. The standard InChI is InChI=1S/C10H14N4O4/c1-10(2)17-8-6(13-14-12)7(5(15)3-4-11)16-9(8)18-10/h5-9,15H,3H2,1-2H3/t5-,6+,7-,8-,9-/m1/s1. The molecule has 2 rings (SSSR count). The summed E-state index contributed by atoms with van der Waals surface area (Å²) in [5.74, 6) is -0.816. The van der Waals surface area contributed by atoms with Gasteiger partial charge in [0.05, 0.1) is 30.7 Å². The maximum atomic E-state index is 9.79. The molecule has 0 aromatic heterocycles. The van der Waals surface area contributed by atoms with E-state index in [1.54, 1.807) is 13.8 Å². The van der Waals surface area contributed by atoms with Crippen molar-refractivity contribution in [3.8, 4) is 6.07 Å². The highest BCUT2D eigenvalue weighted by molar-refractivity contribution is 5.01. The van der Waals surface area contributed by atoms with Gasteiger partial charge in [0.2, 0.25) is 0 Å². The molecule has 0 aliphatic carbocycles. The van der Waals surface area contributed by atoms with Crippen molar-refractivity contribution in [2.75, 3.05) is 0 Å². The van der Waals surface area contributed by atoms with E-state index >= 15 is 0 Å². The van der Waals surface area contributed by atoms with E-state index in [1.165, 1.54) is 0 Å². The van der Waals surface area contributed by atoms with Crippen LogP contribution in [0.3, 0.4) is 0 Å². The van der Waals surface area contributed by atoms with Crippen LogP contribution >= 0.6 is 0 Å². The molecule has 8 nitrogen and oxygen atoms in total. The highest BCUT2D eigenvalue weighted by Gasteiger charge is 2.55. The minimum Gasteiger partial charge on any atom is -0.389 e. The number of nitriles is 1. The Hall–Kier alpha value is -1.36. The lowest BCUT2D eigenvalue weighted by Gasteiger charge is -2.25. The average Bonchev–Trinajstić information content (AvgIpc) is 2.73. The van der Waals surface area contributed by atoms with Crippen LogP contribution in [0.5, 0.6) is 0 Å². The van der Waals surface area contributed by atoms with Crippen molar-refractivity contribution in [2.45, 2.75) is 56.7 Å². The molecular formula is C10H14N4O4. The smallest absolute Gasteiger partial charge is 0.188 e. The van der Waals surface area contributed by atoms with Crippen LogP contribution in [0.4, 0.5) is 0 Å². The summed E-state index contributed by atoms with van der Waals surface area (Å²) in [4.78, 5) is 2.73. The highest BCUT2D eigenvalue weighted by Crippen LogP contribution is 2.40. The summed E-state index contributed by atoms with van der Waals surface area (Å²) in [6, 6.07) is 1.14. The van der Waals surface area contributed by atoms with Crippen molar-refractivity contribution >= 4 is 0 Å². The third-order valence-corrected chi connectivity index (χ3v) is 2.92. The fourth-order valence-electron chi connectivity index (χ4n) is 2.24. The first-order chi connectivity index (χ1) is 8.48. The van der Waals surface area contributed by atoms with Gasteiger partial charge < -0.3 is 19.3 Å². The van der Waals surface area contributed by atoms with Crippen LogP contribution in [0.1, 0.15) is 20.3 Å². The topological polar surface area (TPSA) is 120 Å². The molecule has 18 heavy (non-hydrogen) atoms. The first kappa shape index (κ1) is 13.1. The molecule has 2 saturated heterocycles. The van der Waals surface area contributed by atoms with E-state index < -0.39 is 36.4 Å². The van der Waals surface area contributed by atoms with Crippen molar-refractivity contribution in [3.05, 3.63) is 10.4 Å². The summed E-state index contributed by atoms with van der Waals surface area (Å²) >= 11 is 0. The second kappa shape index (κ2) is 4.72. The fourth-order valence-corrected chi connectivity index (χ4v) is 2.24. The summed E-state index contributed by atoms with van der Waals surface area (Å²) in [6.45, 7) is 3.45. The molecule has 0 aromatic carbocycles. The Morgan fingerprint density at radius 1 is 1.56 bits per heavy atom. The van der Waals surface area contributed by atoms with E-state index in [0.717, 1.165) is 0 Å². The van der Waals surface area contributed by atoms with Gasteiger partial charge in [-0.05, 0) is 19.4 Å². The number of aliphatic hydroxyl groups is 1. The van der Waals surface area contributed by atoms with Gasteiger partial charge in [0.1, 0.15) is 6.10 Å². The molecule has 2 fully saturated rings. The van der Waals surface area contributed by atoms with Gasteiger partial charge in [0, 0.05) is 4.91 Å². The van der Waals surface area contributed by atoms with E-state index in [1.807, 2.05) is 6.07 Å². The number of hydrogen-bond donors (Lipinski definition) is 1. The van der Waals surface area contributed by atoms with Crippen LogP contribution in [0.25, 0.3) is 10.4 Å². The number of hydrogen-bond acceptors (Lipinski definition) is 6. The average molecular weight is 254 g/mol. The van der Waals surface area contributed by atoms with Crippen LogP contribution in [0, 0.1) is 11.3 Å². The maximum absolute atomic E-state index is 9.79. The van der Waals surface area contributed by atoms with Crippen LogP contribution in [0.2, 0.25) is 0 Å². The minimum atomic E-state index is -1.04. The van der Waals surface area contributed by atoms with Gasteiger partial charge in [-0.25, -0.2) is 0 Å². The first-order valence-corrected chi connectivity index (χ1v) is 5.59. The largest absolute Gasteiger partial charge is 0.389 e. The molecule has 2 aliphatic rings. The van der Waals surface area contributed by atoms with E-state index in [4.69, 9.17) is 25.0 Å². The van der Waals surface area contributed by atoms with E-state index in [0.29, 0.717) is 0 Å². The van der Waals surface area contributed by atoms with Gasteiger partial charge in [-0.3, -0.25) is 0 Å². The molecule has 0 unspecified atom stereocenters. The Morgan fingerprint density at radius 2 is 2.28 bits per heavy atom. The van der Waals surface area contributed by atoms with Crippen LogP contribution < -0.4 is 0 Å². The van der Waals surface area contributed by atoms with E-state index in [2.05, 4.69) is 10.0 Å². The predicted molar refractivity (Wildman–Crippen MR) is 57.9 cm³/mol. The summed E-state index contributed by atoms with van der Waals surface area (Å²) in [5.41, 5.74) is 8.57. The Morgan fingerprint density at radius 3 is 2.89 bits per heavy atom. The normalized spacial score (nSPS) is 38.6. The summed E-state index contributed by atoms with van der Waals surface area (Å²) in [6.07, 6.45) is -3.17. The number of nitrogens with zero attached hydrogens (tertiary/aromatic N) is 4. The minimum absolute atomic E-state index is 0.106. The van der Waals surface area contributed by atoms with E-state index in [-0.39, 0.29) is 6.42 Å². The quantitative estimate of drug-likeness (QED) is 0.454. The van der Waals surface area contributed by atoms with Crippen LogP contribution in [-0.4, -0.2) is 41.5 Å². The van der Waals surface area contributed by atoms with Crippen LogP contribution in [-0.2, 0) is 14.2 Å². The van der Waals surface area contributed by atoms with Gasteiger partial charge in [0.15, 0.2) is 12.1 Å². The number of aliphatic hydroxyl groups excluding tert-OH is 1. The summed E-state index contributed by atoms with van der Waals surface area (Å²) < 4.78 is 16.6. The molecule has 0 amide bonds. The molecule has 8 heteroatoms. The second-order valence-electron chi connectivity index (χ2n) is 4.69. The lowest BCUT2D eigenvalue weighted by molar-refractivity contribution is -0.215. The zero-order valence-electron chi connectivity index (χ0n) is 10.1. The van der Waals surface area contributed by atoms with Gasteiger partial charge in [-0.1, -0.05) is 5.11 Å². The van der Waals surface area contributed by atoms with Crippen molar-refractivity contribution in [1.82, 2.24) is 0 Å². The van der Waals surface area contributed by atoms with E-state index in [9.17, 15) is 5.11 Å². The Bertz CT molecular complexity index is 415. The molecular weight excluding hydrogens is 240 g/mol. The Labute approximate surface area is 104 Å². The zero-order chi connectivity index (χ0) is 13.3. The summed E-state index contributed by atoms with van der Waals surface area (Å²) in [5, 5.41) is 22.0. The molecule has 0 saturated carbocycles. The zero-order valence-corrected chi connectivity index (χ0v) is 10.1. The van der Waals surface area contributed by atoms with Crippen molar-refractivity contribution < 1.29 is 19.3 Å². The van der Waals surface area contributed by atoms with Crippen molar-refractivity contribution in [3.63, 3.8) is 0 Å². The molecule has 2 heterocycles. The lowest BCUT2D eigenvalue weighted by Crippen LogP contribution is -2.39. The number of rotatable bonds is 3. The number of fused-ring (bicyclic) bond motifs is 1. The van der Waals surface area contributed by atoms with Gasteiger partial charge in [-0.15, -0.1) is 0 Å². The summed E-state index contributed by atoms with van der Waals surface area (Å²) in [7, 11) is 0. The predicted octanol–water partition coefficient (Wildman–Crippen LogP) is 0.816. The molecule has 5 atom stereocenters. The first-order valence-electron chi connectivity index (χ1n) is 5.59. The number of ether oxygens (including phenoxy) is 3. The lowest BCUT2D eigenvalue weighted by atomic mass is 10.0. The molecule has 2 aliphatic heterocycles.